The van der Waals surface area contributed by atoms with Gasteiger partial charge in [0.2, 0.25) is 0 Å². The minimum atomic E-state index is -0.520. The van der Waals surface area contributed by atoms with Crippen molar-refractivity contribution in [1.82, 2.24) is 9.78 Å². The molecule has 1 heterocycles. The number of hydrogen-bond donors (Lipinski definition) is 1. The predicted octanol–water partition coefficient (Wildman–Crippen LogP) is 1.71. The summed E-state index contributed by atoms with van der Waals surface area (Å²) in [4.78, 5) is 12.6. The monoisotopic (exact) mass is 252 g/mol. The van der Waals surface area contributed by atoms with Gasteiger partial charge in [-0.15, -0.1) is 0 Å². The van der Waals surface area contributed by atoms with E-state index >= 15 is 0 Å². The van der Waals surface area contributed by atoms with Crippen LogP contribution in [0.2, 0.25) is 0 Å². The van der Waals surface area contributed by atoms with Gasteiger partial charge in [0.15, 0.2) is 0 Å². The number of benzene rings is 1. The Morgan fingerprint density at radius 3 is 2.58 bits per heavy atom. The Balaban J connectivity index is 2.01. The third-order valence-corrected chi connectivity index (χ3v) is 3.61. The van der Waals surface area contributed by atoms with E-state index in [2.05, 4.69) is 5.10 Å². The van der Waals surface area contributed by atoms with E-state index in [-0.39, 0.29) is 17.3 Å². The lowest BCUT2D eigenvalue weighted by Crippen LogP contribution is -2.28. The lowest BCUT2D eigenvalue weighted by atomic mass is 9.95. The largest absolute Gasteiger partial charge is 0.382 e. The van der Waals surface area contributed by atoms with Crippen LogP contribution in [-0.2, 0) is 5.41 Å². The number of nitrogens with zero attached hydrogens (tertiary/aromatic N) is 3. The Bertz CT molecular complexity index is 677. The van der Waals surface area contributed by atoms with Crippen molar-refractivity contribution >= 4 is 11.7 Å². The molecule has 1 aromatic heterocycles. The van der Waals surface area contributed by atoms with Crippen molar-refractivity contribution in [1.29, 1.82) is 5.26 Å². The summed E-state index contributed by atoms with van der Waals surface area (Å²) in [5.74, 6) is -0.0348. The summed E-state index contributed by atoms with van der Waals surface area (Å²) < 4.78 is 1.15. The van der Waals surface area contributed by atoms with Crippen molar-refractivity contribution < 1.29 is 4.79 Å². The van der Waals surface area contributed by atoms with Crippen molar-refractivity contribution in [3.05, 3.63) is 47.7 Å². The average Bonchev–Trinajstić information content (AvgIpc) is 3.18. The zero-order valence-electron chi connectivity index (χ0n) is 10.2. The van der Waals surface area contributed by atoms with Gasteiger partial charge in [-0.2, -0.15) is 15.0 Å². The zero-order valence-corrected chi connectivity index (χ0v) is 10.2. The highest BCUT2D eigenvalue weighted by molar-refractivity contribution is 5.94. The number of anilines is 1. The van der Waals surface area contributed by atoms with E-state index in [9.17, 15) is 4.79 Å². The molecule has 3 rings (SSSR count). The first-order chi connectivity index (χ1) is 9.19. The second-order valence-electron chi connectivity index (χ2n) is 4.72. The first-order valence-corrected chi connectivity index (χ1v) is 6.03. The van der Waals surface area contributed by atoms with Crippen molar-refractivity contribution in [3.63, 3.8) is 0 Å². The van der Waals surface area contributed by atoms with E-state index in [1.807, 2.05) is 36.4 Å². The zero-order chi connectivity index (χ0) is 13.5. The van der Waals surface area contributed by atoms with Gasteiger partial charge in [-0.3, -0.25) is 4.79 Å². The maximum absolute atomic E-state index is 12.6. The number of hydrogen-bond acceptors (Lipinski definition) is 4. The number of carbonyl (C=O) groups excluding carboxylic acids is 1. The SMILES string of the molecule is N#Cc1cnn(C(=O)C2(c3ccccc3)CC2)c1N. The van der Waals surface area contributed by atoms with Crippen molar-refractivity contribution in [2.75, 3.05) is 5.73 Å². The average molecular weight is 252 g/mol. The second kappa shape index (κ2) is 3.95. The molecule has 19 heavy (non-hydrogen) atoms. The van der Waals surface area contributed by atoms with Gasteiger partial charge in [-0.1, -0.05) is 30.3 Å². The predicted molar refractivity (Wildman–Crippen MR) is 69.3 cm³/mol. The minimum absolute atomic E-state index is 0.120. The number of carbonyl (C=O) groups is 1. The summed E-state index contributed by atoms with van der Waals surface area (Å²) in [6, 6.07) is 11.5. The number of nitrogen functional groups attached to an aromatic ring is 1. The van der Waals surface area contributed by atoms with Crippen LogP contribution in [0.3, 0.4) is 0 Å². The van der Waals surface area contributed by atoms with Crippen molar-refractivity contribution in [2.45, 2.75) is 18.3 Å². The van der Waals surface area contributed by atoms with Gasteiger partial charge in [-0.05, 0) is 18.4 Å². The van der Waals surface area contributed by atoms with Crippen LogP contribution in [0, 0.1) is 11.3 Å². The van der Waals surface area contributed by atoms with E-state index in [0.29, 0.717) is 0 Å². The molecule has 1 aromatic carbocycles. The van der Waals surface area contributed by atoms with Gasteiger partial charge in [0.25, 0.3) is 5.91 Å². The number of aromatic nitrogens is 2. The second-order valence-corrected chi connectivity index (χ2v) is 4.72. The maximum Gasteiger partial charge on any atom is 0.259 e. The van der Waals surface area contributed by atoms with Crippen LogP contribution in [0.1, 0.15) is 28.8 Å². The third-order valence-electron chi connectivity index (χ3n) is 3.61. The molecule has 2 aromatic rings. The summed E-state index contributed by atoms with van der Waals surface area (Å²) in [5.41, 5.74) is 6.47. The van der Waals surface area contributed by atoms with Crippen LogP contribution in [0.4, 0.5) is 5.82 Å². The van der Waals surface area contributed by atoms with Crippen LogP contribution in [-0.4, -0.2) is 15.7 Å². The molecule has 0 saturated heterocycles. The van der Waals surface area contributed by atoms with E-state index in [0.717, 1.165) is 23.1 Å². The van der Waals surface area contributed by atoms with Gasteiger partial charge in [0, 0.05) is 0 Å². The molecule has 5 nitrogen and oxygen atoms in total. The normalized spacial score (nSPS) is 15.7. The molecular formula is C14H12N4O. The molecule has 1 saturated carbocycles. The molecule has 1 fully saturated rings. The molecule has 0 atom stereocenters. The standard InChI is InChI=1S/C14H12N4O/c15-8-10-9-17-18(12(10)16)13(19)14(6-7-14)11-4-2-1-3-5-11/h1-5,9H,6-7,16H2. The summed E-state index contributed by atoms with van der Waals surface area (Å²) in [5, 5.41) is 12.8. The lowest BCUT2D eigenvalue weighted by molar-refractivity contribution is 0.0849. The van der Waals surface area contributed by atoms with Crippen LogP contribution in [0.5, 0.6) is 0 Å². The molecular weight excluding hydrogens is 240 g/mol. The first kappa shape index (κ1) is 11.5. The molecule has 1 aliphatic carbocycles. The Morgan fingerprint density at radius 1 is 1.37 bits per heavy atom. The lowest BCUT2D eigenvalue weighted by Gasteiger charge is -2.14. The van der Waals surface area contributed by atoms with Gasteiger partial charge in [-0.25, -0.2) is 0 Å². The van der Waals surface area contributed by atoms with E-state index in [4.69, 9.17) is 11.0 Å². The fourth-order valence-electron chi connectivity index (χ4n) is 2.32. The molecule has 1 aliphatic rings. The highest BCUT2D eigenvalue weighted by atomic mass is 16.2. The molecule has 5 heteroatoms. The molecule has 94 valence electrons. The molecule has 0 unspecified atom stereocenters. The highest BCUT2D eigenvalue weighted by Crippen LogP contribution is 2.49. The topological polar surface area (TPSA) is 84.7 Å². The van der Waals surface area contributed by atoms with E-state index < -0.39 is 5.41 Å². The molecule has 0 radical (unpaired) electrons. The summed E-state index contributed by atoms with van der Waals surface area (Å²) in [7, 11) is 0. The summed E-state index contributed by atoms with van der Waals surface area (Å²) in [6.45, 7) is 0. The highest BCUT2D eigenvalue weighted by Gasteiger charge is 2.52. The molecule has 0 amide bonds. The third kappa shape index (κ3) is 1.61. The van der Waals surface area contributed by atoms with Crippen LogP contribution < -0.4 is 5.73 Å². The summed E-state index contributed by atoms with van der Waals surface area (Å²) >= 11 is 0. The maximum atomic E-state index is 12.6. The van der Waals surface area contributed by atoms with Crippen LogP contribution in [0.15, 0.2) is 36.5 Å². The Morgan fingerprint density at radius 2 is 2.05 bits per heavy atom. The Kier molecular flexibility index (Phi) is 2.39. The fraction of sp³-hybridized carbons (Fsp3) is 0.214. The van der Waals surface area contributed by atoms with Gasteiger partial charge in [0.1, 0.15) is 17.5 Å². The van der Waals surface area contributed by atoms with Gasteiger partial charge >= 0.3 is 0 Å². The van der Waals surface area contributed by atoms with Gasteiger partial charge in [0.05, 0.1) is 11.6 Å². The van der Waals surface area contributed by atoms with Crippen LogP contribution >= 0.6 is 0 Å². The Labute approximate surface area is 110 Å². The Hall–Kier alpha value is -2.61. The quantitative estimate of drug-likeness (QED) is 0.881. The van der Waals surface area contributed by atoms with E-state index in [1.165, 1.54) is 6.20 Å². The number of nitrogens with two attached hydrogens (primary N) is 1. The molecule has 0 spiro atoms. The molecule has 0 aliphatic heterocycles. The fourth-order valence-corrected chi connectivity index (χ4v) is 2.32. The van der Waals surface area contributed by atoms with E-state index in [1.54, 1.807) is 0 Å². The van der Waals surface area contributed by atoms with Gasteiger partial charge < -0.3 is 5.73 Å². The first-order valence-electron chi connectivity index (χ1n) is 6.03. The minimum Gasteiger partial charge on any atom is -0.382 e. The van der Waals surface area contributed by atoms with Crippen molar-refractivity contribution in [3.8, 4) is 6.07 Å². The number of rotatable bonds is 2. The smallest absolute Gasteiger partial charge is 0.259 e. The molecule has 2 N–H and O–H groups in total. The summed E-state index contributed by atoms with van der Waals surface area (Å²) in [6.07, 6.45) is 2.91. The number of nitriles is 1. The van der Waals surface area contributed by atoms with Crippen LogP contribution in [0.25, 0.3) is 0 Å². The molecule has 0 bridgehead atoms. The van der Waals surface area contributed by atoms with Crippen molar-refractivity contribution in [2.24, 2.45) is 0 Å².